The fourth-order valence-electron chi connectivity index (χ4n) is 2.83. The van der Waals surface area contributed by atoms with Crippen molar-refractivity contribution in [3.8, 4) is 5.75 Å². The number of hydrogen-bond acceptors (Lipinski definition) is 4. The van der Waals surface area contributed by atoms with E-state index in [9.17, 15) is 9.18 Å². The van der Waals surface area contributed by atoms with Crippen LogP contribution in [-0.2, 0) is 16.1 Å². The van der Waals surface area contributed by atoms with Gasteiger partial charge in [-0.3, -0.25) is 0 Å². The molecule has 3 aromatic carbocycles. The van der Waals surface area contributed by atoms with Crippen LogP contribution in [0.5, 0.6) is 5.75 Å². The Balaban J connectivity index is 1.54. The minimum absolute atomic E-state index is 0.169. The summed E-state index contributed by atoms with van der Waals surface area (Å²) in [4.78, 5) is 16.6. The summed E-state index contributed by atoms with van der Waals surface area (Å²) in [6.07, 6.45) is 1.62. The van der Waals surface area contributed by atoms with E-state index in [0.717, 1.165) is 14.7 Å². The lowest BCUT2D eigenvalue weighted by molar-refractivity contribution is -0.129. The van der Waals surface area contributed by atoms with Gasteiger partial charge in [0.05, 0.1) is 10.6 Å². The van der Waals surface area contributed by atoms with Crippen molar-refractivity contribution >= 4 is 52.1 Å². The highest BCUT2D eigenvalue weighted by Crippen LogP contribution is 2.26. The van der Waals surface area contributed by atoms with Crippen molar-refractivity contribution in [2.24, 2.45) is 4.99 Å². The molecule has 1 aliphatic rings. The van der Waals surface area contributed by atoms with Crippen LogP contribution in [0.25, 0.3) is 6.08 Å². The molecule has 0 saturated heterocycles. The van der Waals surface area contributed by atoms with E-state index in [1.54, 1.807) is 48.5 Å². The van der Waals surface area contributed by atoms with E-state index in [1.165, 1.54) is 12.1 Å². The average Bonchev–Trinajstić information content (AvgIpc) is 3.09. The molecule has 1 aliphatic heterocycles. The molecule has 0 fully saturated rings. The van der Waals surface area contributed by atoms with Crippen LogP contribution >= 0.6 is 34.2 Å². The van der Waals surface area contributed by atoms with E-state index in [0.29, 0.717) is 16.3 Å². The standard InChI is InChI=1S/C23H14ClFINO3/c24-20-8-7-17(26)12-19(20)22-27-21(23(28)30-22)11-14-3-2-6-18(10-14)29-13-15-4-1-5-16(25)9-15/h1-12H,13H2/b21-11-. The van der Waals surface area contributed by atoms with Gasteiger partial charge < -0.3 is 9.47 Å². The third kappa shape index (κ3) is 4.88. The highest BCUT2D eigenvalue weighted by molar-refractivity contribution is 14.1. The van der Waals surface area contributed by atoms with Crippen LogP contribution in [0, 0.1) is 9.39 Å². The quantitative estimate of drug-likeness (QED) is 0.229. The predicted molar refractivity (Wildman–Crippen MR) is 122 cm³/mol. The van der Waals surface area contributed by atoms with Gasteiger partial charge in [0, 0.05) is 3.57 Å². The molecule has 0 bridgehead atoms. The SMILES string of the molecule is O=C1OC(c2cc(I)ccc2Cl)=N/C1=C\c1cccc(OCc2cccc(F)c2)c1. The first kappa shape index (κ1) is 20.6. The summed E-state index contributed by atoms with van der Waals surface area (Å²) in [7, 11) is 0. The van der Waals surface area contributed by atoms with Crippen molar-refractivity contribution in [1.82, 2.24) is 0 Å². The predicted octanol–water partition coefficient (Wildman–Crippen LogP) is 6.01. The first-order valence-electron chi connectivity index (χ1n) is 8.93. The molecule has 3 aromatic rings. The molecule has 7 heteroatoms. The fraction of sp³-hybridized carbons (Fsp3) is 0.0435. The number of halogens is 3. The van der Waals surface area contributed by atoms with E-state index in [1.807, 2.05) is 12.1 Å². The van der Waals surface area contributed by atoms with Gasteiger partial charge in [-0.1, -0.05) is 35.9 Å². The van der Waals surface area contributed by atoms with Crippen molar-refractivity contribution in [1.29, 1.82) is 0 Å². The van der Waals surface area contributed by atoms with Gasteiger partial charge in [-0.05, 0) is 82.3 Å². The molecule has 4 rings (SSSR count). The van der Waals surface area contributed by atoms with Crippen molar-refractivity contribution < 1.29 is 18.7 Å². The molecular weight excluding hydrogens is 520 g/mol. The first-order chi connectivity index (χ1) is 14.5. The van der Waals surface area contributed by atoms with Gasteiger partial charge in [0.15, 0.2) is 5.70 Å². The van der Waals surface area contributed by atoms with Gasteiger partial charge >= 0.3 is 5.97 Å². The lowest BCUT2D eigenvalue weighted by Gasteiger charge is -2.07. The molecule has 0 amide bonds. The Morgan fingerprint density at radius 1 is 1.10 bits per heavy atom. The zero-order valence-corrected chi connectivity index (χ0v) is 18.4. The van der Waals surface area contributed by atoms with Crippen molar-refractivity contribution in [3.63, 3.8) is 0 Å². The molecule has 0 saturated carbocycles. The number of carbonyl (C=O) groups excluding carboxylic acids is 1. The second-order valence-corrected chi connectivity index (χ2v) is 8.10. The number of esters is 1. The summed E-state index contributed by atoms with van der Waals surface area (Å²) in [5.41, 5.74) is 2.17. The molecule has 0 aromatic heterocycles. The third-order valence-electron chi connectivity index (χ3n) is 4.24. The Labute approximate surface area is 191 Å². The number of cyclic esters (lactones) is 1. The highest BCUT2D eigenvalue weighted by atomic mass is 127. The number of aliphatic imine (C=N–C) groups is 1. The van der Waals surface area contributed by atoms with Crippen LogP contribution in [0.15, 0.2) is 77.4 Å². The topological polar surface area (TPSA) is 47.9 Å². The van der Waals surface area contributed by atoms with Gasteiger partial charge in [0.2, 0.25) is 5.90 Å². The van der Waals surface area contributed by atoms with Crippen LogP contribution in [0.3, 0.4) is 0 Å². The third-order valence-corrected chi connectivity index (χ3v) is 5.24. The summed E-state index contributed by atoms with van der Waals surface area (Å²) >= 11 is 8.36. The smallest absolute Gasteiger partial charge is 0.363 e. The minimum atomic E-state index is -0.550. The van der Waals surface area contributed by atoms with E-state index >= 15 is 0 Å². The molecule has 1 heterocycles. The maximum absolute atomic E-state index is 13.3. The Bertz CT molecular complexity index is 1190. The Morgan fingerprint density at radius 3 is 2.77 bits per heavy atom. The summed E-state index contributed by atoms with van der Waals surface area (Å²) < 4.78 is 25.3. The van der Waals surface area contributed by atoms with Gasteiger partial charge in [-0.2, -0.15) is 0 Å². The Kier molecular flexibility index (Phi) is 6.15. The number of benzene rings is 3. The van der Waals surface area contributed by atoms with Gasteiger partial charge in [0.1, 0.15) is 18.2 Å². The Morgan fingerprint density at radius 2 is 1.93 bits per heavy atom. The monoisotopic (exact) mass is 533 g/mol. The van der Waals surface area contributed by atoms with Crippen LogP contribution in [0.1, 0.15) is 16.7 Å². The number of hydrogen-bond donors (Lipinski definition) is 0. The average molecular weight is 534 g/mol. The van der Waals surface area contributed by atoms with Gasteiger partial charge in [0.25, 0.3) is 0 Å². The molecule has 0 radical (unpaired) electrons. The van der Waals surface area contributed by atoms with E-state index in [-0.39, 0.29) is 24.0 Å². The van der Waals surface area contributed by atoms with Crippen LogP contribution in [-0.4, -0.2) is 11.9 Å². The normalized spacial score (nSPS) is 14.6. The molecule has 0 spiro atoms. The molecule has 30 heavy (non-hydrogen) atoms. The lowest BCUT2D eigenvalue weighted by atomic mass is 10.2. The number of nitrogens with zero attached hydrogens (tertiary/aromatic N) is 1. The zero-order valence-electron chi connectivity index (χ0n) is 15.4. The molecular formula is C23H14ClFINO3. The van der Waals surface area contributed by atoms with Crippen molar-refractivity contribution in [2.75, 3.05) is 0 Å². The van der Waals surface area contributed by atoms with Crippen LogP contribution in [0.4, 0.5) is 4.39 Å². The van der Waals surface area contributed by atoms with E-state index in [2.05, 4.69) is 27.6 Å². The second-order valence-electron chi connectivity index (χ2n) is 6.45. The van der Waals surface area contributed by atoms with Crippen molar-refractivity contribution in [3.05, 3.63) is 104 Å². The lowest BCUT2D eigenvalue weighted by Crippen LogP contribution is -2.06. The van der Waals surface area contributed by atoms with E-state index < -0.39 is 5.97 Å². The summed E-state index contributed by atoms with van der Waals surface area (Å²) in [5.74, 6) is -0.0969. The summed E-state index contributed by atoms with van der Waals surface area (Å²) in [6, 6.07) is 18.8. The Hall–Kier alpha value is -2.71. The molecule has 150 valence electrons. The maximum atomic E-state index is 13.3. The molecule has 4 nitrogen and oxygen atoms in total. The van der Waals surface area contributed by atoms with E-state index in [4.69, 9.17) is 21.1 Å². The molecule has 0 unspecified atom stereocenters. The van der Waals surface area contributed by atoms with Crippen LogP contribution < -0.4 is 4.74 Å². The van der Waals surface area contributed by atoms with Crippen molar-refractivity contribution in [2.45, 2.75) is 6.61 Å². The highest BCUT2D eigenvalue weighted by Gasteiger charge is 2.25. The van der Waals surface area contributed by atoms with Gasteiger partial charge in [-0.15, -0.1) is 0 Å². The zero-order chi connectivity index (χ0) is 21.1. The summed E-state index contributed by atoms with van der Waals surface area (Å²) in [6.45, 7) is 0.229. The molecule has 0 aliphatic carbocycles. The van der Waals surface area contributed by atoms with Crippen LogP contribution in [0.2, 0.25) is 5.02 Å². The number of rotatable bonds is 5. The summed E-state index contributed by atoms with van der Waals surface area (Å²) in [5, 5.41) is 0.455. The second kappa shape index (κ2) is 8.97. The maximum Gasteiger partial charge on any atom is 0.363 e. The number of ether oxygens (including phenoxy) is 2. The molecule has 0 atom stereocenters. The van der Waals surface area contributed by atoms with Gasteiger partial charge in [-0.25, -0.2) is 14.2 Å². The number of carbonyl (C=O) groups is 1. The largest absolute Gasteiger partial charge is 0.489 e. The fourth-order valence-corrected chi connectivity index (χ4v) is 3.52. The first-order valence-corrected chi connectivity index (χ1v) is 10.4. The minimum Gasteiger partial charge on any atom is -0.489 e. The molecule has 0 N–H and O–H groups in total.